The van der Waals surface area contributed by atoms with Gasteiger partial charge in [0.1, 0.15) is 5.69 Å². The van der Waals surface area contributed by atoms with Gasteiger partial charge in [0, 0.05) is 6.07 Å². The van der Waals surface area contributed by atoms with Gasteiger partial charge < -0.3 is 14.6 Å². The Labute approximate surface area is 206 Å². The predicted molar refractivity (Wildman–Crippen MR) is 133 cm³/mol. The Morgan fingerprint density at radius 2 is 1.86 bits per heavy atom. The summed E-state index contributed by atoms with van der Waals surface area (Å²) in [5, 5.41) is 24.9. The number of para-hydroxylation sites is 1. The van der Waals surface area contributed by atoms with Crippen LogP contribution in [0.2, 0.25) is 0 Å². The molecule has 0 unspecified atom stereocenters. The molecule has 0 spiro atoms. The van der Waals surface area contributed by atoms with Crippen LogP contribution in [-0.2, 0) is 10.0 Å². The van der Waals surface area contributed by atoms with Crippen molar-refractivity contribution in [2.24, 2.45) is 5.10 Å². The fraction of sp³-hybridized carbons (Fsp3) is 0.130. The predicted octanol–water partition coefficient (Wildman–Crippen LogP) is 3.95. The summed E-state index contributed by atoms with van der Waals surface area (Å²) >= 11 is 0. The number of hydrogen-bond acceptors (Lipinski definition) is 9. The van der Waals surface area contributed by atoms with Gasteiger partial charge in [-0.25, -0.2) is 13.2 Å². The Balaban J connectivity index is 1.84. The number of nitro benzene ring substituents is 1. The second kappa shape index (κ2) is 11.2. The van der Waals surface area contributed by atoms with E-state index < -0.39 is 31.5 Å². The first-order valence-electron chi connectivity index (χ1n) is 10.4. The van der Waals surface area contributed by atoms with Crippen molar-refractivity contribution in [2.45, 2.75) is 11.8 Å². The normalized spacial score (nSPS) is 11.2. The van der Waals surface area contributed by atoms with Gasteiger partial charge in [0.2, 0.25) is 0 Å². The third-order valence-electron chi connectivity index (χ3n) is 4.76. The smallest absolute Gasteiger partial charge is 0.337 e. The van der Waals surface area contributed by atoms with Crippen LogP contribution in [0.5, 0.6) is 11.5 Å². The number of benzene rings is 3. The molecular formula is C23H22N4O8S. The number of carbonyl (C=O) groups is 1. The third-order valence-corrected chi connectivity index (χ3v) is 6.13. The van der Waals surface area contributed by atoms with E-state index in [2.05, 4.69) is 15.2 Å². The molecule has 0 heterocycles. The molecule has 0 aliphatic heterocycles. The number of carboxylic acid groups (broad SMARTS) is 1. The molecule has 3 aromatic rings. The fourth-order valence-corrected chi connectivity index (χ4v) is 4.20. The monoisotopic (exact) mass is 514 g/mol. The Morgan fingerprint density at radius 1 is 1.11 bits per heavy atom. The van der Waals surface area contributed by atoms with Crippen molar-refractivity contribution in [3.63, 3.8) is 0 Å². The summed E-state index contributed by atoms with van der Waals surface area (Å²) in [6, 6.07) is 13.6. The molecule has 3 aromatic carbocycles. The highest BCUT2D eigenvalue weighted by Crippen LogP contribution is 2.30. The van der Waals surface area contributed by atoms with E-state index in [1.165, 1.54) is 43.7 Å². The number of rotatable bonds is 11. The lowest BCUT2D eigenvalue weighted by molar-refractivity contribution is -0.384. The summed E-state index contributed by atoms with van der Waals surface area (Å²) in [4.78, 5) is 21.8. The molecule has 36 heavy (non-hydrogen) atoms. The van der Waals surface area contributed by atoms with Gasteiger partial charge in [0.05, 0.1) is 41.0 Å². The minimum atomic E-state index is -4.33. The van der Waals surface area contributed by atoms with E-state index >= 15 is 0 Å². The summed E-state index contributed by atoms with van der Waals surface area (Å²) in [5.74, 6) is -0.294. The van der Waals surface area contributed by atoms with Gasteiger partial charge in [0.15, 0.2) is 11.5 Å². The van der Waals surface area contributed by atoms with Crippen molar-refractivity contribution in [3.05, 3.63) is 81.9 Å². The molecule has 0 bridgehead atoms. The zero-order chi connectivity index (χ0) is 26.3. The SMILES string of the molecule is CCOc1ccc(/C=N/Nc2ccc(S(=O)(=O)Nc3ccccc3C(=O)O)cc2[N+](=O)[O-])cc1OC. The first kappa shape index (κ1) is 26.0. The largest absolute Gasteiger partial charge is 0.493 e. The third kappa shape index (κ3) is 6.07. The first-order valence-corrected chi connectivity index (χ1v) is 11.9. The Hall–Kier alpha value is -4.65. The average Bonchev–Trinajstić information content (AvgIpc) is 2.84. The molecule has 0 fully saturated rings. The van der Waals surface area contributed by atoms with Crippen molar-refractivity contribution < 1.29 is 32.7 Å². The summed E-state index contributed by atoms with van der Waals surface area (Å²) in [7, 11) is -2.84. The van der Waals surface area contributed by atoms with E-state index in [1.54, 1.807) is 18.2 Å². The molecule has 0 saturated heterocycles. The molecule has 3 rings (SSSR count). The van der Waals surface area contributed by atoms with Crippen LogP contribution in [-0.4, -0.2) is 44.3 Å². The lowest BCUT2D eigenvalue weighted by Gasteiger charge is -2.11. The van der Waals surface area contributed by atoms with Crippen LogP contribution >= 0.6 is 0 Å². The highest BCUT2D eigenvalue weighted by Gasteiger charge is 2.23. The van der Waals surface area contributed by atoms with Crippen molar-refractivity contribution >= 4 is 39.3 Å². The molecule has 0 aliphatic carbocycles. The van der Waals surface area contributed by atoms with Crippen LogP contribution in [0.25, 0.3) is 0 Å². The molecule has 0 atom stereocenters. The number of hydrogen-bond donors (Lipinski definition) is 3. The number of nitrogens with zero attached hydrogens (tertiary/aromatic N) is 2. The summed E-state index contributed by atoms with van der Waals surface area (Å²) in [6.07, 6.45) is 1.40. The molecule has 0 aliphatic rings. The van der Waals surface area contributed by atoms with Crippen LogP contribution < -0.4 is 19.6 Å². The number of nitrogens with one attached hydrogen (secondary N) is 2. The van der Waals surface area contributed by atoms with Gasteiger partial charge in [-0.05, 0) is 55.0 Å². The number of anilines is 2. The number of hydrazone groups is 1. The number of nitro groups is 1. The number of methoxy groups -OCH3 is 1. The van der Waals surface area contributed by atoms with Crippen LogP contribution in [0.15, 0.2) is 70.7 Å². The number of ether oxygens (including phenoxy) is 2. The van der Waals surface area contributed by atoms with Gasteiger partial charge in [0.25, 0.3) is 15.7 Å². The van der Waals surface area contributed by atoms with E-state index in [4.69, 9.17) is 9.47 Å². The van der Waals surface area contributed by atoms with Gasteiger partial charge in [-0.3, -0.25) is 20.3 Å². The maximum Gasteiger partial charge on any atom is 0.337 e. The zero-order valence-corrected chi connectivity index (χ0v) is 20.0. The van der Waals surface area contributed by atoms with Crippen molar-refractivity contribution in [1.29, 1.82) is 0 Å². The van der Waals surface area contributed by atoms with Gasteiger partial charge in [-0.15, -0.1) is 0 Å². The van der Waals surface area contributed by atoms with Crippen LogP contribution in [0.4, 0.5) is 17.1 Å². The van der Waals surface area contributed by atoms with Crippen molar-refractivity contribution in [3.8, 4) is 11.5 Å². The van der Waals surface area contributed by atoms with Crippen molar-refractivity contribution in [1.82, 2.24) is 0 Å². The second-order valence-corrected chi connectivity index (χ2v) is 8.79. The zero-order valence-electron chi connectivity index (χ0n) is 19.2. The van der Waals surface area contributed by atoms with Gasteiger partial charge in [-0.2, -0.15) is 5.10 Å². The van der Waals surface area contributed by atoms with Gasteiger partial charge in [-0.1, -0.05) is 12.1 Å². The van der Waals surface area contributed by atoms with Crippen LogP contribution in [0.1, 0.15) is 22.8 Å². The average molecular weight is 515 g/mol. The van der Waals surface area contributed by atoms with E-state index in [9.17, 15) is 28.4 Å². The molecule has 0 aromatic heterocycles. The number of sulfonamides is 1. The Kier molecular flexibility index (Phi) is 8.07. The fourth-order valence-electron chi connectivity index (χ4n) is 3.10. The Morgan fingerprint density at radius 3 is 2.53 bits per heavy atom. The second-order valence-electron chi connectivity index (χ2n) is 7.11. The minimum absolute atomic E-state index is 0.0564. The maximum atomic E-state index is 12.8. The minimum Gasteiger partial charge on any atom is -0.493 e. The van der Waals surface area contributed by atoms with Gasteiger partial charge >= 0.3 is 5.97 Å². The standard InChI is InChI=1S/C23H22N4O8S/c1-3-35-21-11-8-15(12-22(21)34-2)14-24-25-19-10-9-16(13-20(19)27(30)31)36(32,33)26-18-7-5-4-6-17(18)23(28)29/h4-14,25-26H,3H2,1-2H3,(H,28,29)/b24-14+. The van der Waals surface area contributed by atoms with Crippen LogP contribution in [0, 0.1) is 10.1 Å². The molecule has 0 saturated carbocycles. The molecule has 3 N–H and O–H groups in total. The van der Waals surface area contributed by atoms with E-state index in [0.29, 0.717) is 23.7 Å². The number of carboxylic acids is 1. The lowest BCUT2D eigenvalue weighted by atomic mass is 10.2. The highest BCUT2D eigenvalue weighted by atomic mass is 32.2. The molecular weight excluding hydrogens is 492 g/mol. The first-order chi connectivity index (χ1) is 17.2. The molecule has 13 heteroatoms. The van der Waals surface area contributed by atoms with E-state index in [1.807, 2.05) is 6.92 Å². The lowest BCUT2D eigenvalue weighted by Crippen LogP contribution is -2.16. The molecule has 0 amide bonds. The Bertz CT molecular complexity index is 1420. The van der Waals surface area contributed by atoms with Crippen molar-refractivity contribution in [2.75, 3.05) is 23.9 Å². The number of aromatic carboxylic acids is 1. The highest BCUT2D eigenvalue weighted by molar-refractivity contribution is 7.92. The maximum absolute atomic E-state index is 12.8. The topological polar surface area (TPSA) is 169 Å². The molecule has 12 nitrogen and oxygen atoms in total. The quantitative estimate of drug-likeness (QED) is 0.195. The summed E-state index contributed by atoms with van der Waals surface area (Å²) in [5.41, 5.74) is 2.10. The summed E-state index contributed by atoms with van der Waals surface area (Å²) < 4.78 is 38.5. The van der Waals surface area contributed by atoms with E-state index in [-0.39, 0.29) is 16.9 Å². The summed E-state index contributed by atoms with van der Waals surface area (Å²) in [6.45, 7) is 2.30. The van der Waals surface area contributed by atoms with E-state index in [0.717, 1.165) is 12.1 Å². The molecule has 0 radical (unpaired) electrons. The van der Waals surface area contributed by atoms with Crippen LogP contribution in [0.3, 0.4) is 0 Å². The molecule has 188 valence electrons.